The summed E-state index contributed by atoms with van der Waals surface area (Å²) in [7, 11) is 0. The van der Waals surface area contributed by atoms with Gasteiger partial charge in [-0.25, -0.2) is 0 Å². The van der Waals surface area contributed by atoms with Crippen LogP contribution in [0.5, 0.6) is 0 Å². The summed E-state index contributed by atoms with van der Waals surface area (Å²) in [5, 5.41) is 0. The lowest BCUT2D eigenvalue weighted by Crippen LogP contribution is -2.50. The molecule has 1 aromatic heterocycles. The molecule has 2 aromatic rings. The van der Waals surface area contributed by atoms with E-state index in [1.54, 1.807) is 17.0 Å². The predicted molar refractivity (Wildman–Crippen MR) is 82.0 cm³/mol. The number of benzene rings is 1. The maximum atomic E-state index is 12.6. The first-order valence-electron chi connectivity index (χ1n) is 7.65. The molecule has 0 saturated carbocycles. The first kappa shape index (κ1) is 17.1. The van der Waals surface area contributed by atoms with E-state index in [4.69, 9.17) is 4.42 Å². The molecule has 1 aliphatic heterocycles. The van der Waals surface area contributed by atoms with Gasteiger partial charge in [0.25, 0.3) is 11.8 Å². The molecule has 2 heterocycles. The summed E-state index contributed by atoms with van der Waals surface area (Å²) in [5.74, 6) is -0.354. The molecule has 2 amide bonds. The summed E-state index contributed by atoms with van der Waals surface area (Å²) >= 11 is 0. The van der Waals surface area contributed by atoms with Crippen LogP contribution in [0.3, 0.4) is 0 Å². The van der Waals surface area contributed by atoms with Crippen molar-refractivity contribution < 1.29 is 27.2 Å². The third-order valence-corrected chi connectivity index (χ3v) is 4.05. The van der Waals surface area contributed by atoms with Gasteiger partial charge in [-0.3, -0.25) is 9.59 Å². The molecule has 0 radical (unpaired) electrons. The highest BCUT2D eigenvalue weighted by Gasteiger charge is 2.31. The summed E-state index contributed by atoms with van der Waals surface area (Å²) in [6, 6.07) is 7.32. The third kappa shape index (κ3) is 3.67. The van der Waals surface area contributed by atoms with Crippen LogP contribution in [0.15, 0.2) is 47.1 Å². The van der Waals surface area contributed by atoms with E-state index < -0.39 is 11.7 Å². The Morgan fingerprint density at radius 3 is 1.92 bits per heavy atom. The van der Waals surface area contributed by atoms with Crippen molar-refractivity contribution in [3.63, 3.8) is 0 Å². The first-order valence-corrected chi connectivity index (χ1v) is 7.65. The predicted octanol–water partition coefficient (Wildman–Crippen LogP) is 2.90. The first-order chi connectivity index (χ1) is 11.9. The van der Waals surface area contributed by atoms with Gasteiger partial charge in [-0.1, -0.05) is 0 Å². The van der Waals surface area contributed by atoms with Crippen molar-refractivity contribution in [1.82, 2.24) is 9.80 Å². The van der Waals surface area contributed by atoms with Crippen molar-refractivity contribution >= 4 is 11.8 Å². The monoisotopic (exact) mass is 352 g/mol. The van der Waals surface area contributed by atoms with Gasteiger partial charge in [-0.2, -0.15) is 13.2 Å². The van der Waals surface area contributed by atoms with Gasteiger partial charge in [0.1, 0.15) is 0 Å². The van der Waals surface area contributed by atoms with Crippen LogP contribution in [0.2, 0.25) is 0 Å². The number of halogens is 3. The maximum absolute atomic E-state index is 12.6. The van der Waals surface area contributed by atoms with Crippen molar-refractivity contribution in [2.45, 2.75) is 6.18 Å². The van der Waals surface area contributed by atoms with Crippen molar-refractivity contribution in [2.75, 3.05) is 26.2 Å². The SMILES string of the molecule is O=C(c1ccc(C(F)(F)F)cc1)N1CCN(C(=O)c2ccco2)CC1. The van der Waals surface area contributed by atoms with E-state index in [0.29, 0.717) is 26.2 Å². The lowest BCUT2D eigenvalue weighted by molar-refractivity contribution is -0.137. The zero-order valence-electron chi connectivity index (χ0n) is 13.1. The summed E-state index contributed by atoms with van der Waals surface area (Å²) in [6.07, 6.45) is -3.02. The molecule has 1 aromatic carbocycles. The fourth-order valence-corrected chi connectivity index (χ4v) is 2.65. The second-order valence-corrected chi connectivity index (χ2v) is 5.64. The van der Waals surface area contributed by atoms with Crippen LogP contribution in [-0.2, 0) is 6.18 Å². The molecule has 132 valence electrons. The van der Waals surface area contributed by atoms with Crippen molar-refractivity contribution in [3.8, 4) is 0 Å². The molecular weight excluding hydrogens is 337 g/mol. The number of piperazine rings is 1. The molecule has 3 rings (SSSR count). The van der Waals surface area contributed by atoms with Crippen molar-refractivity contribution in [3.05, 3.63) is 59.5 Å². The number of nitrogens with zero attached hydrogens (tertiary/aromatic N) is 2. The van der Waals surface area contributed by atoms with Gasteiger partial charge < -0.3 is 14.2 Å². The number of furan rings is 1. The van der Waals surface area contributed by atoms with Crippen LogP contribution in [0.1, 0.15) is 26.5 Å². The van der Waals surface area contributed by atoms with E-state index in [1.165, 1.54) is 23.3 Å². The molecule has 1 aliphatic rings. The lowest BCUT2D eigenvalue weighted by Gasteiger charge is -2.34. The molecule has 0 N–H and O–H groups in total. The molecule has 5 nitrogen and oxygen atoms in total. The second kappa shape index (κ2) is 6.62. The fraction of sp³-hybridized carbons (Fsp3) is 0.294. The Labute approximate surface area is 141 Å². The van der Waals surface area contributed by atoms with Gasteiger partial charge in [0.15, 0.2) is 5.76 Å². The van der Waals surface area contributed by atoms with Gasteiger partial charge in [-0.05, 0) is 36.4 Å². The van der Waals surface area contributed by atoms with E-state index in [0.717, 1.165) is 12.1 Å². The Bertz CT molecular complexity index is 746. The standard InChI is InChI=1S/C17H15F3N2O3/c18-17(19,20)13-5-3-12(4-6-13)15(23)21-7-9-22(10-8-21)16(24)14-2-1-11-25-14/h1-6,11H,7-10H2. The molecule has 0 bridgehead atoms. The molecule has 1 fully saturated rings. The minimum atomic E-state index is -4.43. The van der Waals surface area contributed by atoms with Crippen LogP contribution >= 0.6 is 0 Å². The maximum Gasteiger partial charge on any atom is 0.416 e. The lowest BCUT2D eigenvalue weighted by atomic mass is 10.1. The molecule has 25 heavy (non-hydrogen) atoms. The third-order valence-electron chi connectivity index (χ3n) is 4.05. The molecular formula is C17H15F3N2O3. The summed E-state index contributed by atoms with van der Waals surface area (Å²) in [4.78, 5) is 27.7. The summed E-state index contributed by atoms with van der Waals surface area (Å²) < 4.78 is 42.8. The minimum absolute atomic E-state index is 0.193. The topological polar surface area (TPSA) is 53.8 Å². The highest BCUT2D eigenvalue weighted by Crippen LogP contribution is 2.29. The van der Waals surface area contributed by atoms with E-state index in [1.807, 2.05) is 0 Å². The van der Waals surface area contributed by atoms with Crippen LogP contribution in [0.4, 0.5) is 13.2 Å². The van der Waals surface area contributed by atoms with Crippen molar-refractivity contribution in [2.24, 2.45) is 0 Å². The summed E-state index contributed by atoms with van der Waals surface area (Å²) in [6.45, 7) is 1.30. The van der Waals surface area contributed by atoms with E-state index in [-0.39, 0.29) is 23.1 Å². The minimum Gasteiger partial charge on any atom is -0.459 e. The Morgan fingerprint density at radius 2 is 1.44 bits per heavy atom. The summed E-state index contributed by atoms with van der Waals surface area (Å²) in [5.41, 5.74) is -0.600. The highest BCUT2D eigenvalue weighted by molar-refractivity contribution is 5.95. The average Bonchev–Trinajstić information content (AvgIpc) is 3.14. The van der Waals surface area contributed by atoms with E-state index in [9.17, 15) is 22.8 Å². The molecule has 0 aliphatic carbocycles. The Morgan fingerprint density at radius 1 is 0.880 bits per heavy atom. The van der Waals surface area contributed by atoms with Gasteiger partial charge >= 0.3 is 6.18 Å². The number of hydrogen-bond donors (Lipinski definition) is 0. The molecule has 0 atom stereocenters. The number of rotatable bonds is 2. The highest BCUT2D eigenvalue weighted by atomic mass is 19.4. The normalized spacial score (nSPS) is 15.3. The van der Waals surface area contributed by atoms with Crippen molar-refractivity contribution in [1.29, 1.82) is 0 Å². The molecule has 8 heteroatoms. The molecule has 1 saturated heterocycles. The quantitative estimate of drug-likeness (QED) is 0.835. The largest absolute Gasteiger partial charge is 0.459 e. The second-order valence-electron chi connectivity index (χ2n) is 5.64. The van der Waals surface area contributed by atoms with Gasteiger partial charge in [-0.15, -0.1) is 0 Å². The fourth-order valence-electron chi connectivity index (χ4n) is 2.65. The van der Waals surface area contributed by atoms with E-state index in [2.05, 4.69) is 0 Å². The molecule has 0 spiro atoms. The average molecular weight is 352 g/mol. The van der Waals surface area contributed by atoms with Crippen LogP contribution < -0.4 is 0 Å². The smallest absolute Gasteiger partial charge is 0.416 e. The number of carbonyl (C=O) groups excluding carboxylic acids is 2. The number of hydrogen-bond acceptors (Lipinski definition) is 3. The Hall–Kier alpha value is -2.77. The van der Waals surface area contributed by atoms with Crippen LogP contribution in [-0.4, -0.2) is 47.8 Å². The van der Waals surface area contributed by atoms with Crippen LogP contribution in [0, 0.1) is 0 Å². The van der Waals surface area contributed by atoms with Gasteiger partial charge in [0, 0.05) is 31.7 Å². The number of carbonyl (C=O) groups is 2. The van der Waals surface area contributed by atoms with Crippen LogP contribution in [0.25, 0.3) is 0 Å². The zero-order valence-corrected chi connectivity index (χ0v) is 13.1. The number of amides is 2. The molecule has 0 unspecified atom stereocenters. The number of alkyl halides is 3. The van der Waals surface area contributed by atoms with Gasteiger partial charge in [0.05, 0.1) is 11.8 Å². The zero-order chi connectivity index (χ0) is 18.0. The Balaban J connectivity index is 1.61. The van der Waals surface area contributed by atoms with Gasteiger partial charge in [0.2, 0.25) is 0 Å². The Kier molecular flexibility index (Phi) is 4.52. The van der Waals surface area contributed by atoms with E-state index >= 15 is 0 Å².